The first-order valence-corrected chi connectivity index (χ1v) is 10.3. The number of carbonyl (C=O) groups excluding carboxylic acids is 2. The van der Waals surface area contributed by atoms with E-state index < -0.39 is 23.0 Å². The van der Waals surface area contributed by atoms with Crippen LogP contribution in [0.4, 0.5) is 5.69 Å². The van der Waals surface area contributed by atoms with Gasteiger partial charge in [-0.3, -0.25) is 9.59 Å². The lowest BCUT2D eigenvalue weighted by Crippen LogP contribution is -2.41. The van der Waals surface area contributed by atoms with Gasteiger partial charge in [0.25, 0.3) is 0 Å². The van der Waals surface area contributed by atoms with Crippen molar-refractivity contribution < 1.29 is 18.5 Å². The summed E-state index contributed by atoms with van der Waals surface area (Å²) in [5.41, 5.74) is 1.53. The molecule has 0 spiro atoms. The van der Waals surface area contributed by atoms with Gasteiger partial charge in [0, 0.05) is 6.42 Å². The van der Waals surface area contributed by atoms with E-state index >= 15 is 0 Å². The molecule has 4 heterocycles. The summed E-state index contributed by atoms with van der Waals surface area (Å²) in [5.74, 6) is -1.56. The zero-order valence-electron chi connectivity index (χ0n) is 15.5. The van der Waals surface area contributed by atoms with E-state index in [1.54, 1.807) is 11.6 Å². The van der Waals surface area contributed by atoms with Crippen LogP contribution in [-0.4, -0.2) is 43.0 Å². The van der Waals surface area contributed by atoms with Gasteiger partial charge in [-0.1, -0.05) is 31.5 Å². The Kier molecular flexibility index (Phi) is 4.39. The van der Waals surface area contributed by atoms with E-state index in [1.807, 2.05) is 31.2 Å². The Bertz CT molecular complexity index is 1020. The lowest BCUT2D eigenvalue weighted by molar-refractivity contribution is -0.129. The molecule has 6 nitrogen and oxygen atoms in total. The largest absolute Gasteiger partial charge is 0.359 e. The highest BCUT2D eigenvalue weighted by atomic mass is 32.2. The third-order valence-electron chi connectivity index (χ3n) is 5.77. The summed E-state index contributed by atoms with van der Waals surface area (Å²) in [7, 11) is 1.10. The average Bonchev–Trinajstić information content (AvgIpc) is 3.39. The molecule has 2 amide bonds. The van der Waals surface area contributed by atoms with Gasteiger partial charge in [0.05, 0.1) is 45.5 Å². The first-order chi connectivity index (χ1) is 13.5. The van der Waals surface area contributed by atoms with E-state index in [2.05, 4.69) is 4.98 Å². The smallest absolute Gasteiger partial charge is 0.241 e. The molecule has 145 valence electrons. The van der Waals surface area contributed by atoms with E-state index in [0.717, 1.165) is 29.2 Å². The van der Waals surface area contributed by atoms with Crippen LogP contribution in [0.3, 0.4) is 0 Å². The molecule has 0 N–H and O–H groups in total. The zero-order chi connectivity index (χ0) is 19.5. The van der Waals surface area contributed by atoms with Crippen LogP contribution in [0, 0.1) is 11.8 Å². The number of hydrogen-bond acceptors (Lipinski definition) is 7. The van der Waals surface area contributed by atoms with Gasteiger partial charge in [0.15, 0.2) is 0 Å². The van der Waals surface area contributed by atoms with E-state index in [9.17, 15) is 9.59 Å². The fourth-order valence-corrected chi connectivity index (χ4v) is 5.52. The second-order valence-electron chi connectivity index (χ2n) is 7.21. The average molecular weight is 417 g/mol. The van der Waals surface area contributed by atoms with Crippen LogP contribution in [0.1, 0.15) is 20.8 Å². The molecule has 1 aromatic heterocycles. The fraction of sp³-hybridized carbons (Fsp3) is 0.421. The highest BCUT2D eigenvalue weighted by Gasteiger charge is 2.71. The molecule has 0 aliphatic carbocycles. The normalized spacial score (nSPS) is 33.3. The van der Waals surface area contributed by atoms with Crippen LogP contribution in [0.2, 0.25) is 0 Å². The van der Waals surface area contributed by atoms with Crippen molar-refractivity contribution in [3.8, 4) is 0 Å². The minimum absolute atomic E-state index is 0. The molecule has 1 radical (unpaired) electrons. The highest BCUT2D eigenvalue weighted by Crippen LogP contribution is 2.59. The van der Waals surface area contributed by atoms with Crippen molar-refractivity contribution in [3.05, 3.63) is 35.9 Å². The standard InChI is InChI=1S/C18H16BN2O4S2.CH4/c1-17-4-5-18(25-17,6-7-24-27-19)14-13(17)15(22)21(16(14)23)10-2-3-11-12(8-10)26-9-20-11;/h2-5,8-9,13-14,19H,6-7H2,1H3;1H4/t13-,14+,17?,18?;/m0./s1/i19T;. The molecule has 3 aliphatic rings. The molecule has 28 heavy (non-hydrogen) atoms. The molecule has 2 fully saturated rings. The number of thiazole rings is 1. The van der Waals surface area contributed by atoms with Crippen LogP contribution in [-0.2, 0) is 18.5 Å². The number of benzene rings is 1. The molecule has 2 aromatic rings. The number of anilines is 1. The lowest BCUT2D eigenvalue weighted by Gasteiger charge is -2.28. The number of amides is 2. The van der Waals surface area contributed by atoms with Crippen molar-refractivity contribution in [2.24, 2.45) is 11.8 Å². The van der Waals surface area contributed by atoms with Crippen LogP contribution >= 0.6 is 23.2 Å². The molecule has 4 atom stereocenters. The van der Waals surface area contributed by atoms with E-state index in [1.165, 1.54) is 16.2 Å². The van der Waals surface area contributed by atoms with Crippen molar-refractivity contribution in [2.45, 2.75) is 32.0 Å². The number of fused-ring (bicyclic) bond motifs is 6. The van der Waals surface area contributed by atoms with Crippen LogP contribution in [0.5, 0.6) is 0 Å². The van der Waals surface area contributed by atoms with E-state index in [0.29, 0.717) is 18.7 Å². The monoisotopic (exact) mass is 417 g/mol. The zero-order valence-corrected chi connectivity index (χ0v) is 16.1. The van der Waals surface area contributed by atoms with Gasteiger partial charge >= 0.3 is 0 Å². The fourth-order valence-electron chi connectivity index (χ4n) is 4.63. The number of rotatable bonds is 6. The number of hydrogen-bond donors (Lipinski definition) is 0. The van der Waals surface area contributed by atoms with Gasteiger partial charge in [0.1, 0.15) is 5.60 Å². The Morgan fingerprint density at radius 2 is 2.21 bits per heavy atom. The first-order valence-electron chi connectivity index (χ1n) is 9.17. The van der Waals surface area contributed by atoms with Gasteiger partial charge in [0.2, 0.25) is 18.9 Å². The van der Waals surface area contributed by atoms with Gasteiger partial charge < -0.3 is 8.92 Å². The quantitative estimate of drug-likeness (QED) is 0.237. The molecule has 5 rings (SSSR count). The predicted molar refractivity (Wildman–Crippen MR) is 112 cm³/mol. The third kappa shape index (κ3) is 2.53. The van der Waals surface area contributed by atoms with E-state index in [-0.39, 0.29) is 19.2 Å². The second-order valence-corrected chi connectivity index (χ2v) is 8.53. The number of carbonyl (C=O) groups is 2. The number of ether oxygens (including phenoxy) is 1. The van der Waals surface area contributed by atoms with Gasteiger partial charge in [-0.2, -0.15) is 0 Å². The van der Waals surface area contributed by atoms with Crippen molar-refractivity contribution in [1.29, 1.82) is 1.34 Å². The lowest BCUT2D eigenvalue weighted by atomic mass is 9.71. The van der Waals surface area contributed by atoms with Gasteiger partial charge in [-0.05, 0) is 26.5 Å². The molecule has 9 heteroatoms. The molecular weight excluding hydrogens is 395 g/mol. The summed E-state index contributed by atoms with van der Waals surface area (Å²) in [5, 5.41) is 0. The molecule has 0 saturated carbocycles. The molecule has 2 bridgehead atoms. The first kappa shape index (κ1) is 18.4. The van der Waals surface area contributed by atoms with Crippen LogP contribution in [0.15, 0.2) is 35.9 Å². The van der Waals surface area contributed by atoms with Crippen molar-refractivity contribution in [3.63, 3.8) is 0 Å². The molecule has 2 saturated heterocycles. The Labute approximate surface area is 174 Å². The molecular formula is C19H20BN2O4S2. The summed E-state index contributed by atoms with van der Waals surface area (Å²) < 4.78 is 19.5. The summed E-state index contributed by atoms with van der Waals surface area (Å²) in [4.78, 5) is 32.3. The molecule has 2 unspecified atom stereocenters. The summed E-state index contributed by atoms with van der Waals surface area (Å²) in [6.45, 7) is 2.18. The SMILES string of the molecule is C.[3H][B]SOCCC12C=CC(C)(O1)[C@@H]1C(=O)N(c3ccc4ncsc4c3)C(=O)[C@@H]12. The summed E-state index contributed by atoms with van der Waals surface area (Å²) in [6, 6.07) is 5.45. The Hall–Kier alpha value is -1.68. The maximum atomic E-state index is 13.4. The third-order valence-corrected chi connectivity index (χ3v) is 6.87. The Morgan fingerprint density at radius 3 is 3.04 bits per heavy atom. The molecule has 3 aliphatic heterocycles. The Morgan fingerprint density at radius 1 is 1.39 bits per heavy atom. The second kappa shape index (κ2) is 6.69. The minimum atomic E-state index is -0.849. The van der Waals surface area contributed by atoms with Gasteiger partial charge in [-0.15, -0.1) is 11.3 Å². The van der Waals surface area contributed by atoms with Crippen molar-refractivity contribution in [2.75, 3.05) is 11.5 Å². The predicted octanol–water partition coefficient (Wildman–Crippen LogP) is 3.01. The van der Waals surface area contributed by atoms with Crippen LogP contribution < -0.4 is 4.90 Å². The number of imide groups is 1. The number of nitrogens with zero attached hydrogens (tertiary/aromatic N) is 2. The summed E-state index contributed by atoms with van der Waals surface area (Å²) in [6.07, 6.45) is 4.26. The minimum Gasteiger partial charge on any atom is -0.359 e. The maximum Gasteiger partial charge on any atom is 0.241 e. The summed E-state index contributed by atoms with van der Waals surface area (Å²) >= 11 is 2.41. The van der Waals surface area contributed by atoms with Gasteiger partial charge in [-0.25, -0.2) is 9.88 Å². The van der Waals surface area contributed by atoms with Crippen molar-refractivity contribution >= 4 is 58.0 Å². The topological polar surface area (TPSA) is 68.7 Å². The van der Waals surface area contributed by atoms with E-state index in [4.69, 9.17) is 10.3 Å². The highest BCUT2D eigenvalue weighted by molar-refractivity contribution is 8.15. The Balaban J connectivity index is 0.00000205. The van der Waals surface area contributed by atoms with Crippen LogP contribution in [0.25, 0.3) is 10.2 Å². The molecule has 1 aromatic carbocycles. The maximum absolute atomic E-state index is 13.4. The number of aromatic nitrogens is 1. The van der Waals surface area contributed by atoms with Crippen molar-refractivity contribution in [1.82, 2.24) is 4.98 Å².